The Labute approximate surface area is 214 Å². The van der Waals surface area contributed by atoms with Gasteiger partial charge in [-0.05, 0) is 69.5 Å². The smallest absolute Gasteiger partial charge is 0.271 e. The Morgan fingerprint density at radius 3 is 2.30 bits per heavy atom. The normalized spacial score (nSPS) is 15.2. The van der Waals surface area contributed by atoms with Gasteiger partial charge in [0, 0.05) is 29.4 Å². The molecule has 0 N–H and O–H groups in total. The molecule has 0 unspecified atom stereocenters. The summed E-state index contributed by atoms with van der Waals surface area (Å²) >= 11 is 0. The van der Waals surface area contributed by atoms with Gasteiger partial charge in [-0.1, -0.05) is 35.9 Å². The fourth-order valence-corrected chi connectivity index (χ4v) is 5.04. The first kappa shape index (κ1) is 24.0. The second-order valence-corrected chi connectivity index (χ2v) is 9.25. The number of rotatable bonds is 4. The monoisotopic (exact) mass is 490 g/mol. The van der Waals surface area contributed by atoms with E-state index in [0.29, 0.717) is 34.0 Å². The maximum Gasteiger partial charge on any atom is 0.271 e. The molecule has 184 valence electrons. The molecule has 0 fully saturated rings. The number of aryl methyl sites for hydroxylation is 3. The lowest BCUT2D eigenvalue weighted by atomic mass is 9.94. The van der Waals surface area contributed by atoms with Gasteiger partial charge >= 0.3 is 0 Å². The van der Waals surface area contributed by atoms with Crippen LogP contribution in [0, 0.1) is 32.1 Å². The van der Waals surface area contributed by atoms with Gasteiger partial charge in [0.2, 0.25) is 5.89 Å². The summed E-state index contributed by atoms with van der Waals surface area (Å²) in [7, 11) is 0. The van der Waals surface area contributed by atoms with Crippen molar-refractivity contribution in [1.29, 1.82) is 5.26 Å². The summed E-state index contributed by atoms with van der Waals surface area (Å²) in [5, 5.41) is 9.61. The van der Waals surface area contributed by atoms with Crippen LogP contribution in [0.25, 0.3) is 34.4 Å². The van der Waals surface area contributed by atoms with Crippen LogP contribution in [0.3, 0.4) is 0 Å². The Hall–Kier alpha value is -4.70. The Morgan fingerprint density at radius 1 is 1.00 bits per heavy atom. The summed E-state index contributed by atoms with van der Waals surface area (Å²) in [4.78, 5) is 31.8. The van der Waals surface area contributed by atoms with Crippen LogP contribution in [0.15, 0.2) is 69.7 Å². The molecular formula is C30H26N4O3. The molecule has 37 heavy (non-hydrogen) atoms. The number of carbonyl (C=O) groups is 2. The molecule has 0 saturated heterocycles. The average Bonchev–Trinajstić information content (AvgIpc) is 3.39. The third-order valence-electron chi connectivity index (χ3n) is 6.72. The van der Waals surface area contributed by atoms with Crippen LogP contribution in [0.5, 0.6) is 0 Å². The minimum absolute atomic E-state index is 0.0278. The maximum absolute atomic E-state index is 13.2. The quantitative estimate of drug-likeness (QED) is 0.265. The number of oxazole rings is 1. The standard InChI is InChI=1S/C30H26N4O3/c1-6-33-29(35)23(20(5)24(16-31)30(33)36)14-22-15-25-27(34(22)21-10-8-7-9-11-21)32-28(37-25)26-18(3)12-17(2)13-19(26)4/h7-15H,6H2,1-5H3/b23-14-. The van der Waals surface area contributed by atoms with Gasteiger partial charge in [0.25, 0.3) is 11.8 Å². The molecule has 1 aliphatic heterocycles. The lowest BCUT2D eigenvalue weighted by molar-refractivity contribution is -0.140. The van der Waals surface area contributed by atoms with Crippen LogP contribution >= 0.6 is 0 Å². The molecule has 7 heteroatoms. The van der Waals surface area contributed by atoms with Crippen LogP contribution in [-0.2, 0) is 9.59 Å². The fraction of sp³-hybridized carbons (Fsp3) is 0.200. The Bertz CT molecular complexity index is 1670. The van der Waals surface area contributed by atoms with Crippen molar-refractivity contribution in [3.05, 3.63) is 87.6 Å². The molecule has 3 heterocycles. The summed E-state index contributed by atoms with van der Waals surface area (Å²) in [6, 6.07) is 17.7. The number of imide groups is 1. The van der Waals surface area contributed by atoms with Gasteiger partial charge in [-0.3, -0.25) is 19.1 Å². The first-order valence-corrected chi connectivity index (χ1v) is 12.1. The zero-order chi connectivity index (χ0) is 26.4. The zero-order valence-electron chi connectivity index (χ0n) is 21.4. The topological polar surface area (TPSA) is 92.1 Å². The highest BCUT2D eigenvalue weighted by atomic mass is 16.3. The number of para-hydroxylation sites is 1. The largest absolute Gasteiger partial charge is 0.434 e. The molecule has 0 atom stereocenters. The van der Waals surface area contributed by atoms with Gasteiger partial charge < -0.3 is 4.42 Å². The highest BCUT2D eigenvalue weighted by molar-refractivity contribution is 6.19. The van der Waals surface area contributed by atoms with E-state index in [4.69, 9.17) is 9.40 Å². The summed E-state index contributed by atoms with van der Waals surface area (Å²) in [5.74, 6) is -0.462. The average molecular weight is 491 g/mol. The number of aromatic nitrogens is 2. The van der Waals surface area contributed by atoms with E-state index in [1.807, 2.05) is 60.9 Å². The Morgan fingerprint density at radius 2 is 1.68 bits per heavy atom. The molecule has 0 radical (unpaired) electrons. The molecule has 2 aromatic carbocycles. The molecule has 1 aliphatic rings. The second-order valence-electron chi connectivity index (χ2n) is 9.25. The van der Waals surface area contributed by atoms with Crippen molar-refractivity contribution in [2.24, 2.45) is 0 Å². The van der Waals surface area contributed by atoms with Crippen molar-refractivity contribution in [3.8, 4) is 23.2 Å². The van der Waals surface area contributed by atoms with E-state index >= 15 is 0 Å². The molecule has 4 aromatic rings. The lowest BCUT2D eigenvalue weighted by Gasteiger charge is -2.26. The van der Waals surface area contributed by atoms with Crippen molar-refractivity contribution >= 4 is 29.1 Å². The van der Waals surface area contributed by atoms with E-state index in [0.717, 1.165) is 27.3 Å². The third kappa shape index (κ3) is 3.87. The molecule has 2 aromatic heterocycles. The number of nitriles is 1. The molecule has 5 rings (SSSR count). The van der Waals surface area contributed by atoms with Gasteiger partial charge in [-0.15, -0.1) is 0 Å². The van der Waals surface area contributed by atoms with Gasteiger partial charge in [-0.25, -0.2) is 0 Å². The highest BCUT2D eigenvalue weighted by Crippen LogP contribution is 2.35. The number of carbonyl (C=O) groups excluding carboxylic acids is 2. The summed E-state index contributed by atoms with van der Waals surface area (Å²) in [6.45, 7) is 9.67. The molecular weight excluding hydrogens is 464 g/mol. The lowest BCUT2D eigenvalue weighted by Crippen LogP contribution is -2.42. The number of hydrogen-bond donors (Lipinski definition) is 0. The fourth-order valence-electron chi connectivity index (χ4n) is 5.04. The summed E-state index contributed by atoms with van der Waals surface area (Å²) < 4.78 is 8.19. The third-order valence-corrected chi connectivity index (χ3v) is 6.72. The first-order chi connectivity index (χ1) is 17.7. The predicted molar refractivity (Wildman–Crippen MR) is 142 cm³/mol. The van der Waals surface area contributed by atoms with Crippen LogP contribution in [-0.4, -0.2) is 32.8 Å². The maximum atomic E-state index is 13.2. The molecule has 0 bridgehead atoms. The SMILES string of the molecule is CCN1C(=O)C(C#N)=C(C)/C(=C/c2cc3oc(-c4c(C)cc(C)cc4C)nc3n2-c2ccccc2)C1=O. The van der Waals surface area contributed by atoms with E-state index in [1.165, 1.54) is 5.56 Å². The van der Waals surface area contributed by atoms with Crippen molar-refractivity contribution in [1.82, 2.24) is 14.5 Å². The molecule has 0 saturated carbocycles. The van der Waals surface area contributed by atoms with E-state index in [-0.39, 0.29) is 12.1 Å². The number of fused-ring (bicyclic) bond motifs is 1. The number of likely N-dealkylation sites (N-methyl/N-ethyl adjacent to an activating group) is 1. The minimum Gasteiger partial charge on any atom is -0.434 e. The number of amides is 2. The van der Waals surface area contributed by atoms with E-state index < -0.39 is 11.8 Å². The Kier molecular flexibility index (Phi) is 5.88. The van der Waals surface area contributed by atoms with E-state index in [2.05, 4.69) is 19.1 Å². The predicted octanol–water partition coefficient (Wildman–Crippen LogP) is 5.82. The van der Waals surface area contributed by atoms with Crippen molar-refractivity contribution in [2.75, 3.05) is 6.54 Å². The summed E-state index contributed by atoms with van der Waals surface area (Å²) in [6.07, 6.45) is 1.70. The van der Waals surface area contributed by atoms with Crippen molar-refractivity contribution < 1.29 is 14.0 Å². The Balaban J connectivity index is 1.75. The minimum atomic E-state index is -0.563. The first-order valence-electron chi connectivity index (χ1n) is 12.1. The molecule has 7 nitrogen and oxygen atoms in total. The summed E-state index contributed by atoms with van der Waals surface area (Å²) in [5.41, 5.74) is 7.60. The van der Waals surface area contributed by atoms with Crippen LogP contribution in [0.4, 0.5) is 0 Å². The van der Waals surface area contributed by atoms with Crippen LogP contribution in [0.1, 0.15) is 36.2 Å². The van der Waals surface area contributed by atoms with Gasteiger partial charge in [0.15, 0.2) is 11.2 Å². The van der Waals surface area contributed by atoms with E-state index in [9.17, 15) is 14.9 Å². The molecule has 0 spiro atoms. The molecule has 0 aliphatic carbocycles. The van der Waals surface area contributed by atoms with Crippen LogP contribution in [0.2, 0.25) is 0 Å². The van der Waals surface area contributed by atoms with Gasteiger partial charge in [0.05, 0.1) is 5.69 Å². The number of benzene rings is 2. The van der Waals surface area contributed by atoms with Gasteiger partial charge in [-0.2, -0.15) is 10.2 Å². The molecule has 2 amide bonds. The number of nitrogens with zero attached hydrogens (tertiary/aromatic N) is 4. The second kappa shape index (κ2) is 9.07. The van der Waals surface area contributed by atoms with Crippen molar-refractivity contribution in [3.63, 3.8) is 0 Å². The highest BCUT2D eigenvalue weighted by Gasteiger charge is 2.34. The number of hydrogen-bond acceptors (Lipinski definition) is 5. The van der Waals surface area contributed by atoms with Crippen LogP contribution < -0.4 is 0 Å². The van der Waals surface area contributed by atoms with Crippen molar-refractivity contribution in [2.45, 2.75) is 34.6 Å². The van der Waals surface area contributed by atoms with E-state index in [1.54, 1.807) is 19.9 Å². The van der Waals surface area contributed by atoms with Gasteiger partial charge in [0.1, 0.15) is 11.6 Å². The zero-order valence-corrected chi connectivity index (χ0v) is 21.4.